The van der Waals surface area contributed by atoms with E-state index >= 15 is 0 Å². The Morgan fingerprint density at radius 1 is 1.44 bits per heavy atom. The van der Waals surface area contributed by atoms with Gasteiger partial charge in [-0.05, 0) is 38.8 Å². The topological polar surface area (TPSA) is 61.4 Å². The molecule has 0 aromatic carbocycles. The van der Waals surface area contributed by atoms with Gasteiger partial charge >= 0.3 is 6.03 Å². The van der Waals surface area contributed by atoms with Crippen LogP contribution in [0.2, 0.25) is 0 Å². The average Bonchev–Trinajstić information content (AvgIpc) is 2.70. The molecule has 0 radical (unpaired) electrons. The number of aryl methyl sites for hydroxylation is 2. The Kier molecular flexibility index (Phi) is 5.62. The van der Waals surface area contributed by atoms with Crippen LogP contribution in [0.1, 0.15) is 42.1 Å². The number of hydrogen-bond acceptors (Lipinski definition) is 3. The van der Waals surface area contributed by atoms with E-state index in [9.17, 15) is 4.79 Å². The zero-order chi connectivity index (χ0) is 13.7. The highest BCUT2D eigenvalue weighted by Gasteiger charge is 2.14. The molecule has 0 aliphatic heterocycles. The van der Waals surface area contributed by atoms with Gasteiger partial charge in [0.25, 0.3) is 0 Å². The van der Waals surface area contributed by atoms with E-state index in [0.29, 0.717) is 0 Å². The molecule has 2 atom stereocenters. The molecule has 0 spiro atoms. The molecule has 18 heavy (non-hydrogen) atoms. The molecule has 0 saturated carbocycles. The maximum atomic E-state index is 11.6. The Morgan fingerprint density at radius 2 is 2.11 bits per heavy atom. The Balaban J connectivity index is 2.59. The molecule has 0 saturated heterocycles. The van der Waals surface area contributed by atoms with E-state index < -0.39 is 0 Å². The fourth-order valence-corrected chi connectivity index (χ4v) is 2.81. The first-order valence-electron chi connectivity index (χ1n) is 6.25. The number of urea groups is 1. The van der Waals surface area contributed by atoms with Crippen LogP contribution in [0.5, 0.6) is 0 Å². The van der Waals surface area contributed by atoms with Crippen molar-refractivity contribution in [2.75, 3.05) is 6.61 Å². The monoisotopic (exact) mass is 270 g/mol. The van der Waals surface area contributed by atoms with Crippen LogP contribution < -0.4 is 10.6 Å². The standard InChI is InChI=1S/C13H22N2O2S/c1-5-11-8(2)6-12(18-11)10(4)15-13(17)14-9(3)7-16/h6,9-10,16H,5,7H2,1-4H3,(H2,14,15,17)/t9-,10?/m0/s1. The van der Waals surface area contributed by atoms with Crippen LogP contribution >= 0.6 is 11.3 Å². The molecule has 4 nitrogen and oxygen atoms in total. The highest BCUT2D eigenvalue weighted by atomic mass is 32.1. The van der Waals surface area contributed by atoms with Crippen molar-refractivity contribution in [3.05, 3.63) is 21.4 Å². The molecule has 1 aromatic heterocycles. The number of aliphatic hydroxyl groups is 1. The van der Waals surface area contributed by atoms with Crippen molar-refractivity contribution in [3.8, 4) is 0 Å². The van der Waals surface area contributed by atoms with Crippen LogP contribution in [-0.4, -0.2) is 23.8 Å². The summed E-state index contributed by atoms with van der Waals surface area (Å²) >= 11 is 1.74. The maximum Gasteiger partial charge on any atom is 0.315 e. The number of nitrogens with one attached hydrogen (secondary N) is 2. The number of amides is 2. The average molecular weight is 270 g/mol. The van der Waals surface area contributed by atoms with Crippen LogP contribution in [0.15, 0.2) is 6.07 Å². The lowest BCUT2D eigenvalue weighted by molar-refractivity contribution is 0.218. The van der Waals surface area contributed by atoms with Gasteiger partial charge in [-0.25, -0.2) is 4.79 Å². The first-order valence-corrected chi connectivity index (χ1v) is 7.06. The molecule has 0 aliphatic carbocycles. The Labute approximate surface area is 112 Å². The SMILES string of the molecule is CCc1sc(C(C)NC(=O)N[C@@H](C)CO)cc1C. The largest absolute Gasteiger partial charge is 0.394 e. The molecular formula is C13H22N2O2S. The number of hydrogen-bond donors (Lipinski definition) is 3. The zero-order valence-electron chi connectivity index (χ0n) is 11.4. The molecule has 1 aromatic rings. The van der Waals surface area contributed by atoms with Crippen molar-refractivity contribution in [2.24, 2.45) is 0 Å². The zero-order valence-corrected chi connectivity index (χ0v) is 12.2. The fraction of sp³-hybridized carbons (Fsp3) is 0.615. The summed E-state index contributed by atoms with van der Waals surface area (Å²) in [5, 5.41) is 14.4. The number of aliphatic hydroxyl groups excluding tert-OH is 1. The molecule has 1 heterocycles. The quantitative estimate of drug-likeness (QED) is 0.769. The predicted octanol–water partition coefficient (Wildman–Crippen LogP) is 2.36. The van der Waals surface area contributed by atoms with Crippen LogP contribution in [0, 0.1) is 6.92 Å². The molecule has 102 valence electrons. The van der Waals surface area contributed by atoms with Crippen molar-refractivity contribution in [2.45, 2.75) is 46.2 Å². The number of thiophene rings is 1. The van der Waals surface area contributed by atoms with Gasteiger partial charge in [-0.1, -0.05) is 6.92 Å². The van der Waals surface area contributed by atoms with Crippen molar-refractivity contribution in [1.82, 2.24) is 10.6 Å². The van der Waals surface area contributed by atoms with Crippen LogP contribution in [0.25, 0.3) is 0 Å². The highest BCUT2D eigenvalue weighted by Crippen LogP contribution is 2.27. The van der Waals surface area contributed by atoms with Gasteiger partial charge in [0.15, 0.2) is 0 Å². The van der Waals surface area contributed by atoms with E-state index in [-0.39, 0.29) is 24.7 Å². The van der Waals surface area contributed by atoms with Gasteiger partial charge in [-0.2, -0.15) is 0 Å². The normalized spacial score (nSPS) is 14.1. The summed E-state index contributed by atoms with van der Waals surface area (Å²) in [5.74, 6) is 0. The van der Waals surface area contributed by atoms with Gasteiger partial charge in [-0.3, -0.25) is 0 Å². The molecule has 1 unspecified atom stereocenters. The van der Waals surface area contributed by atoms with Gasteiger partial charge in [-0.15, -0.1) is 11.3 Å². The summed E-state index contributed by atoms with van der Waals surface area (Å²) in [6, 6.07) is 1.64. The molecule has 0 bridgehead atoms. The first kappa shape index (κ1) is 15.0. The van der Waals surface area contributed by atoms with E-state index in [0.717, 1.165) is 11.3 Å². The van der Waals surface area contributed by atoms with E-state index in [2.05, 4.69) is 30.5 Å². The summed E-state index contributed by atoms with van der Waals surface area (Å²) in [6.07, 6.45) is 1.02. The van der Waals surface area contributed by atoms with Gasteiger partial charge < -0.3 is 15.7 Å². The minimum absolute atomic E-state index is 0.0140. The van der Waals surface area contributed by atoms with Gasteiger partial charge in [0, 0.05) is 9.75 Å². The second-order valence-corrected chi connectivity index (χ2v) is 5.70. The van der Waals surface area contributed by atoms with Crippen LogP contribution in [-0.2, 0) is 6.42 Å². The summed E-state index contributed by atoms with van der Waals surface area (Å²) in [7, 11) is 0. The van der Waals surface area contributed by atoms with Crippen molar-refractivity contribution in [1.29, 1.82) is 0 Å². The summed E-state index contributed by atoms with van der Waals surface area (Å²) < 4.78 is 0. The van der Waals surface area contributed by atoms with Crippen molar-refractivity contribution >= 4 is 17.4 Å². The molecule has 3 N–H and O–H groups in total. The number of carbonyl (C=O) groups is 1. The summed E-state index contributed by atoms with van der Waals surface area (Å²) in [6.45, 7) is 7.90. The van der Waals surface area contributed by atoms with E-state index in [1.165, 1.54) is 10.4 Å². The Bertz CT molecular complexity index is 404. The molecule has 0 aliphatic rings. The molecule has 1 rings (SSSR count). The summed E-state index contributed by atoms with van der Waals surface area (Å²) in [4.78, 5) is 14.2. The lowest BCUT2D eigenvalue weighted by atomic mass is 10.2. The van der Waals surface area contributed by atoms with Gasteiger partial charge in [0.2, 0.25) is 0 Å². The lowest BCUT2D eigenvalue weighted by Gasteiger charge is -2.16. The van der Waals surface area contributed by atoms with Crippen LogP contribution in [0.3, 0.4) is 0 Å². The predicted molar refractivity (Wildman–Crippen MR) is 75.1 cm³/mol. The Morgan fingerprint density at radius 3 is 2.61 bits per heavy atom. The minimum Gasteiger partial charge on any atom is -0.394 e. The summed E-state index contributed by atoms with van der Waals surface area (Å²) in [5.41, 5.74) is 1.29. The third-order valence-corrected chi connectivity index (χ3v) is 4.35. The first-order chi connectivity index (χ1) is 8.47. The highest BCUT2D eigenvalue weighted by molar-refractivity contribution is 7.12. The van der Waals surface area contributed by atoms with Crippen molar-refractivity contribution in [3.63, 3.8) is 0 Å². The molecule has 2 amide bonds. The second kappa shape index (κ2) is 6.75. The van der Waals surface area contributed by atoms with Crippen molar-refractivity contribution < 1.29 is 9.90 Å². The smallest absolute Gasteiger partial charge is 0.315 e. The van der Waals surface area contributed by atoms with Gasteiger partial charge in [0.05, 0.1) is 18.7 Å². The third-order valence-electron chi connectivity index (χ3n) is 2.79. The van der Waals surface area contributed by atoms with Gasteiger partial charge in [0.1, 0.15) is 0 Å². The molecule has 0 fully saturated rings. The third kappa shape index (κ3) is 3.99. The maximum absolute atomic E-state index is 11.6. The van der Waals surface area contributed by atoms with E-state index in [1.54, 1.807) is 18.3 Å². The number of carbonyl (C=O) groups excluding carboxylic acids is 1. The van der Waals surface area contributed by atoms with E-state index in [1.807, 2.05) is 6.92 Å². The fourth-order valence-electron chi connectivity index (χ4n) is 1.69. The second-order valence-electron chi connectivity index (χ2n) is 4.53. The minimum atomic E-state index is -0.242. The van der Waals surface area contributed by atoms with Crippen LogP contribution in [0.4, 0.5) is 4.79 Å². The molecule has 5 heteroatoms. The molecular weight excluding hydrogens is 248 g/mol. The Hall–Kier alpha value is -1.07. The number of rotatable bonds is 5. The van der Waals surface area contributed by atoms with E-state index in [4.69, 9.17) is 5.11 Å². The lowest BCUT2D eigenvalue weighted by Crippen LogP contribution is -2.43.